The molecule has 2 N–H and O–H groups in total. The molecule has 1 amide bonds. The predicted octanol–water partition coefficient (Wildman–Crippen LogP) is 0.664. The maximum absolute atomic E-state index is 12.4. The van der Waals surface area contributed by atoms with Crippen LogP contribution in [-0.2, 0) is 4.79 Å². The van der Waals surface area contributed by atoms with Crippen molar-refractivity contribution >= 4 is 11.9 Å². The van der Waals surface area contributed by atoms with Gasteiger partial charge in [0.25, 0.3) is 5.91 Å². The number of hydrogen-bond acceptors (Lipinski definition) is 4. The first-order chi connectivity index (χ1) is 9.43. The lowest BCUT2D eigenvalue weighted by Gasteiger charge is -2.21. The molecule has 1 fully saturated rings. The lowest BCUT2D eigenvalue weighted by Crippen LogP contribution is -2.40. The van der Waals surface area contributed by atoms with Crippen LogP contribution >= 0.6 is 0 Å². The normalized spacial score (nSPS) is 21.9. The van der Waals surface area contributed by atoms with E-state index >= 15 is 0 Å². The molecule has 1 aromatic rings. The van der Waals surface area contributed by atoms with E-state index in [1.807, 2.05) is 6.92 Å². The number of aryl methyl sites for hydroxylation is 1. The summed E-state index contributed by atoms with van der Waals surface area (Å²) in [5.74, 6) is -0.941. The van der Waals surface area contributed by atoms with Gasteiger partial charge >= 0.3 is 5.97 Å². The van der Waals surface area contributed by atoms with Crippen molar-refractivity contribution in [1.82, 2.24) is 4.90 Å². The molecule has 6 heteroatoms. The zero-order valence-electron chi connectivity index (χ0n) is 11.4. The average molecular weight is 279 g/mol. The van der Waals surface area contributed by atoms with E-state index in [4.69, 9.17) is 9.84 Å². The van der Waals surface area contributed by atoms with Crippen LogP contribution in [0.5, 0.6) is 5.75 Å². The fraction of sp³-hybridized carbons (Fsp3) is 0.429. The molecule has 0 radical (unpaired) electrons. The highest BCUT2D eigenvalue weighted by molar-refractivity contribution is 5.97. The van der Waals surface area contributed by atoms with Crippen molar-refractivity contribution in [1.29, 1.82) is 0 Å². The molecule has 0 aromatic heterocycles. The van der Waals surface area contributed by atoms with E-state index in [1.165, 1.54) is 12.0 Å². The SMILES string of the molecule is COc1cc(C(=O)N2C[C@@H](O)C[C@H]2C(=O)O)ccc1C. The van der Waals surface area contributed by atoms with E-state index in [2.05, 4.69) is 0 Å². The molecule has 1 aliphatic rings. The fourth-order valence-electron chi connectivity index (χ4n) is 2.39. The number of β-amino-alcohol motifs (C(OH)–C–C–N with tert-alkyl or cyclic N) is 1. The largest absolute Gasteiger partial charge is 0.496 e. The standard InChI is InChI=1S/C14H17NO5/c1-8-3-4-9(5-12(8)20-2)13(17)15-7-10(16)6-11(15)14(18)19/h3-5,10-11,16H,6-7H2,1-2H3,(H,18,19)/t10-,11-/m0/s1. The van der Waals surface area contributed by atoms with E-state index in [-0.39, 0.29) is 13.0 Å². The highest BCUT2D eigenvalue weighted by Gasteiger charge is 2.39. The molecule has 1 aromatic carbocycles. The van der Waals surface area contributed by atoms with Crippen molar-refractivity contribution in [3.63, 3.8) is 0 Å². The van der Waals surface area contributed by atoms with Gasteiger partial charge in [0, 0.05) is 18.5 Å². The van der Waals surface area contributed by atoms with E-state index in [9.17, 15) is 14.7 Å². The summed E-state index contributed by atoms with van der Waals surface area (Å²) in [5, 5.41) is 18.7. The third-order valence-corrected chi connectivity index (χ3v) is 3.48. The maximum Gasteiger partial charge on any atom is 0.326 e. The minimum atomic E-state index is -1.10. The Balaban J connectivity index is 2.28. The van der Waals surface area contributed by atoms with Crippen LogP contribution in [0.25, 0.3) is 0 Å². The monoisotopic (exact) mass is 279 g/mol. The highest BCUT2D eigenvalue weighted by Crippen LogP contribution is 2.24. The number of ether oxygens (including phenoxy) is 1. The van der Waals surface area contributed by atoms with E-state index in [0.29, 0.717) is 11.3 Å². The molecular formula is C14H17NO5. The molecule has 108 valence electrons. The lowest BCUT2D eigenvalue weighted by molar-refractivity contribution is -0.141. The number of nitrogens with zero attached hydrogens (tertiary/aromatic N) is 1. The summed E-state index contributed by atoms with van der Waals surface area (Å²) in [5.41, 5.74) is 1.24. The van der Waals surface area contributed by atoms with Crippen LogP contribution in [0.2, 0.25) is 0 Å². The minimum absolute atomic E-state index is 0.0337. The number of carbonyl (C=O) groups excluding carboxylic acids is 1. The van der Waals surface area contributed by atoms with Crippen molar-refractivity contribution in [2.75, 3.05) is 13.7 Å². The van der Waals surface area contributed by atoms with Crippen LogP contribution in [0.4, 0.5) is 0 Å². The summed E-state index contributed by atoms with van der Waals surface area (Å²) in [6.45, 7) is 1.89. The summed E-state index contributed by atoms with van der Waals surface area (Å²) < 4.78 is 5.16. The molecule has 6 nitrogen and oxygen atoms in total. The molecule has 20 heavy (non-hydrogen) atoms. The van der Waals surface area contributed by atoms with Gasteiger partial charge in [-0.05, 0) is 24.6 Å². The van der Waals surface area contributed by atoms with Gasteiger partial charge in [-0.15, -0.1) is 0 Å². The summed E-state index contributed by atoms with van der Waals surface area (Å²) in [6, 6.07) is 3.98. The van der Waals surface area contributed by atoms with Crippen LogP contribution in [0.15, 0.2) is 18.2 Å². The number of carbonyl (C=O) groups is 2. The van der Waals surface area contributed by atoms with Gasteiger partial charge in [0.1, 0.15) is 11.8 Å². The number of methoxy groups -OCH3 is 1. The highest BCUT2D eigenvalue weighted by atomic mass is 16.5. The van der Waals surface area contributed by atoms with Gasteiger partial charge in [0.05, 0.1) is 13.2 Å². The quantitative estimate of drug-likeness (QED) is 0.849. The van der Waals surface area contributed by atoms with E-state index in [1.54, 1.807) is 18.2 Å². The first-order valence-electron chi connectivity index (χ1n) is 6.30. The van der Waals surface area contributed by atoms with Gasteiger partial charge in [0.15, 0.2) is 0 Å². The summed E-state index contributed by atoms with van der Waals surface area (Å²) in [7, 11) is 1.51. The first-order valence-corrected chi connectivity index (χ1v) is 6.30. The molecular weight excluding hydrogens is 262 g/mol. The topological polar surface area (TPSA) is 87.1 Å². The second-order valence-electron chi connectivity index (χ2n) is 4.89. The minimum Gasteiger partial charge on any atom is -0.496 e. The molecule has 0 unspecified atom stereocenters. The van der Waals surface area contributed by atoms with Crippen LogP contribution in [-0.4, -0.2) is 52.8 Å². The number of hydrogen-bond donors (Lipinski definition) is 2. The van der Waals surface area contributed by atoms with Gasteiger partial charge in [0.2, 0.25) is 0 Å². The van der Waals surface area contributed by atoms with Crippen molar-refractivity contribution < 1.29 is 24.5 Å². The number of aliphatic hydroxyl groups excluding tert-OH is 1. The van der Waals surface area contributed by atoms with Crippen molar-refractivity contribution in [2.24, 2.45) is 0 Å². The van der Waals surface area contributed by atoms with Gasteiger partial charge in [-0.2, -0.15) is 0 Å². The smallest absolute Gasteiger partial charge is 0.326 e. The average Bonchev–Trinajstić information content (AvgIpc) is 2.81. The lowest BCUT2D eigenvalue weighted by atomic mass is 10.1. The van der Waals surface area contributed by atoms with E-state index < -0.39 is 24.0 Å². The second kappa shape index (κ2) is 5.50. The van der Waals surface area contributed by atoms with Crippen molar-refractivity contribution in [3.05, 3.63) is 29.3 Å². The molecule has 0 bridgehead atoms. The Morgan fingerprint density at radius 1 is 1.40 bits per heavy atom. The molecule has 0 saturated carbocycles. The van der Waals surface area contributed by atoms with Crippen LogP contribution in [0.1, 0.15) is 22.3 Å². The van der Waals surface area contributed by atoms with Crippen LogP contribution in [0.3, 0.4) is 0 Å². The van der Waals surface area contributed by atoms with Crippen molar-refractivity contribution in [2.45, 2.75) is 25.5 Å². The molecule has 1 heterocycles. The summed E-state index contributed by atoms with van der Waals surface area (Å²) in [6.07, 6.45) is -0.739. The number of amides is 1. The molecule has 2 atom stereocenters. The van der Waals surface area contributed by atoms with Gasteiger partial charge in [-0.3, -0.25) is 4.79 Å². The Morgan fingerprint density at radius 3 is 2.70 bits per heavy atom. The zero-order valence-corrected chi connectivity index (χ0v) is 11.4. The Bertz CT molecular complexity index is 542. The fourth-order valence-corrected chi connectivity index (χ4v) is 2.39. The zero-order chi connectivity index (χ0) is 14.9. The molecule has 2 rings (SSSR count). The van der Waals surface area contributed by atoms with Gasteiger partial charge in [-0.25, -0.2) is 4.79 Å². The second-order valence-corrected chi connectivity index (χ2v) is 4.89. The Hall–Kier alpha value is -2.08. The first kappa shape index (κ1) is 14.3. The van der Waals surface area contributed by atoms with E-state index in [0.717, 1.165) is 5.56 Å². The van der Waals surface area contributed by atoms with Gasteiger partial charge in [-0.1, -0.05) is 6.07 Å². The maximum atomic E-state index is 12.4. The molecule has 1 aliphatic heterocycles. The predicted molar refractivity (Wildman–Crippen MR) is 70.8 cm³/mol. The number of rotatable bonds is 3. The Labute approximate surface area is 116 Å². The molecule has 1 saturated heterocycles. The third kappa shape index (κ3) is 2.60. The third-order valence-electron chi connectivity index (χ3n) is 3.48. The molecule has 0 spiro atoms. The van der Waals surface area contributed by atoms with Crippen LogP contribution < -0.4 is 4.74 Å². The summed E-state index contributed by atoms with van der Waals surface area (Å²) >= 11 is 0. The number of benzene rings is 1. The number of carboxylic acids is 1. The van der Waals surface area contributed by atoms with Crippen molar-refractivity contribution in [3.8, 4) is 5.75 Å². The Morgan fingerprint density at radius 2 is 2.10 bits per heavy atom. The number of carboxylic acid groups (broad SMARTS) is 1. The number of aliphatic hydroxyl groups is 1. The number of likely N-dealkylation sites (tertiary alicyclic amines) is 1. The molecule has 0 aliphatic carbocycles. The van der Waals surface area contributed by atoms with Gasteiger partial charge < -0.3 is 19.8 Å². The Kier molecular flexibility index (Phi) is 3.94. The van der Waals surface area contributed by atoms with Crippen LogP contribution in [0, 0.1) is 6.92 Å². The number of aliphatic carboxylic acids is 1. The summed E-state index contributed by atoms with van der Waals surface area (Å²) in [4.78, 5) is 24.7.